The van der Waals surface area contributed by atoms with Crippen molar-refractivity contribution in [1.29, 1.82) is 0 Å². The van der Waals surface area contributed by atoms with Crippen LogP contribution < -0.4 is 0 Å². The zero-order valence-electron chi connectivity index (χ0n) is 9.40. The zero-order valence-corrected chi connectivity index (χ0v) is 9.40. The lowest BCUT2D eigenvalue weighted by molar-refractivity contribution is 1.32. The van der Waals surface area contributed by atoms with Crippen LogP contribution in [-0.4, -0.2) is 0 Å². The van der Waals surface area contributed by atoms with Crippen LogP contribution in [0.1, 0.15) is 11.1 Å². The Hall–Kier alpha value is -2.00. The fourth-order valence-electron chi connectivity index (χ4n) is 1.80. The molecule has 0 spiro atoms. The summed E-state index contributed by atoms with van der Waals surface area (Å²) in [6.07, 6.45) is 6.07. The Balaban J connectivity index is 2.47. The fourth-order valence-corrected chi connectivity index (χ4v) is 1.80. The molecule has 0 atom stereocenters. The van der Waals surface area contributed by atoms with Gasteiger partial charge in [0.2, 0.25) is 0 Å². The zero-order chi connectivity index (χ0) is 11.4. The molecule has 0 amide bonds. The van der Waals surface area contributed by atoms with E-state index in [0.29, 0.717) is 6.42 Å². The highest BCUT2D eigenvalue weighted by molar-refractivity contribution is 5.68. The van der Waals surface area contributed by atoms with Crippen LogP contribution in [0.3, 0.4) is 0 Å². The van der Waals surface area contributed by atoms with Crippen molar-refractivity contribution in [3.05, 3.63) is 59.7 Å². The van der Waals surface area contributed by atoms with Gasteiger partial charge in [-0.05, 0) is 23.6 Å². The van der Waals surface area contributed by atoms with Crippen LogP contribution in [0.2, 0.25) is 0 Å². The van der Waals surface area contributed by atoms with Gasteiger partial charge in [-0.2, -0.15) is 0 Å². The average Bonchev–Trinajstić information content (AvgIpc) is 2.32. The maximum atomic E-state index is 5.38. The first-order chi connectivity index (χ1) is 7.81. The number of terminal acetylenes is 1. The third kappa shape index (κ3) is 2.15. The summed E-state index contributed by atoms with van der Waals surface area (Å²) in [6, 6.07) is 16.8. The second-order valence-electron chi connectivity index (χ2n) is 3.90. The molecular weight excluding hydrogens is 192 g/mol. The Morgan fingerprint density at radius 3 is 2.38 bits per heavy atom. The predicted octanol–water partition coefficient (Wildman–Crippen LogP) is 3.84. The van der Waals surface area contributed by atoms with Crippen LogP contribution in [0.5, 0.6) is 0 Å². The van der Waals surface area contributed by atoms with Crippen molar-refractivity contribution in [3.63, 3.8) is 0 Å². The van der Waals surface area contributed by atoms with Gasteiger partial charge in [-0.1, -0.05) is 54.1 Å². The Bertz CT molecular complexity index is 512. The lowest BCUT2D eigenvalue weighted by Gasteiger charge is -2.07. The van der Waals surface area contributed by atoms with Crippen molar-refractivity contribution in [2.75, 3.05) is 0 Å². The fraction of sp³-hybridized carbons (Fsp3) is 0.125. The summed E-state index contributed by atoms with van der Waals surface area (Å²) >= 11 is 0. The summed E-state index contributed by atoms with van der Waals surface area (Å²) in [5, 5.41) is 0. The number of hydrogen-bond donors (Lipinski definition) is 0. The minimum Gasteiger partial charge on any atom is -0.120 e. The molecule has 0 radical (unpaired) electrons. The quantitative estimate of drug-likeness (QED) is 0.655. The topological polar surface area (TPSA) is 0 Å². The normalized spacial score (nSPS) is 9.75. The molecule has 0 saturated carbocycles. The molecule has 0 aromatic heterocycles. The summed E-state index contributed by atoms with van der Waals surface area (Å²) in [5.74, 6) is 2.71. The number of aryl methyl sites for hydroxylation is 1. The Morgan fingerprint density at radius 2 is 1.69 bits per heavy atom. The Labute approximate surface area is 96.9 Å². The van der Waals surface area contributed by atoms with E-state index in [1.807, 2.05) is 6.07 Å². The van der Waals surface area contributed by atoms with E-state index in [1.54, 1.807) is 0 Å². The molecule has 0 heteroatoms. The number of benzene rings is 2. The van der Waals surface area contributed by atoms with Crippen molar-refractivity contribution >= 4 is 0 Å². The van der Waals surface area contributed by atoms with Gasteiger partial charge < -0.3 is 0 Å². The van der Waals surface area contributed by atoms with Crippen molar-refractivity contribution in [1.82, 2.24) is 0 Å². The minimum absolute atomic E-state index is 0.685. The highest BCUT2D eigenvalue weighted by Gasteiger charge is 2.02. The van der Waals surface area contributed by atoms with Gasteiger partial charge in [0, 0.05) is 6.42 Å². The molecule has 0 saturated heterocycles. The van der Waals surface area contributed by atoms with Crippen molar-refractivity contribution in [2.24, 2.45) is 0 Å². The first kappa shape index (κ1) is 10.5. The molecule has 0 aliphatic rings. The number of rotatable bonds is 2. The molecule has 0 aliphatic carbocycles. The molecule has 16 heavy (non-hydrogen) atoms. The SMILES string of the molecule is C#CCc1ccccc1-c1ccc(C)cc1. The highest BCUT2D eigenvalue weighted by atomic mass is 14.1. The predicted molar refractivity (Wildman–Crippen MR) is 69.2 cm³/mol. The van der Waals surface area contributed by atoms with E-state index < -0.39 is 0 Å². The Kier molecular flexibility index (Phi) is 3.08. The second kappa shape index (κ2) is 4.68. The highest BCUT2D eigenvalue weighted by Crippen LogP contribution is 2.24. The summed E-state index contributed by atoms with van der Waals surface area (Å²) in [7, 11) is 0. The van der Waals surface area contributed by atoms with Crippen LogP contribution in [0, 0.1) is 19.3 Å². The van der Waals surface area contributed by atoms with Crippen LogP contribution in [0.15, 0.2) is 48.5 Å². The molecular formula is C16H14. The molecule has 0 nitrogen and oxygen atoms in total. The average molecular weight is 206 g/mol. The third-order valence-corrected chi connectivity index (χ3v) is 2.67. The molecule has 2 aromatic rings. The van der Waals surface area contributed by atoms with Crippen molar-refractivity contribution in [2.45, 2.75) is 13.3 Å². The first-order valence-corrected chi connectivity index (χ1v) is 5.39. The van der Waals surface area contributed by atoms with Gasteiger partial charge in [0.1, 0.15) is 0 Å². The molecule has 0 N–H and O–H groups in total. The van der Waals surface area contributed by atoms with Gasteiger partial charge in [0.05, 0.1) is 0 Å². The lowest BCUT2D eigenvalue weighted by atomic mass is 9.97. The molecule has 0 bridgehead atoms. The van der Waals surface area contributed by atoms with Crippen LogP contribution in [0.4, 0.5) is 0 Å². The Morgan fingerprint density at radius 1 is 1.00 bits per heavy atom. The largest absolute Gasteiger partial charge is 0.120 e. The van der Waals surface area contributed by atoms with Gasteiger partial charge in [0.25, 0.3) is 0 Å². The van der Waals surface area contributed by atoms with Gasteiger partial charge in [-0.3, -0.25) is 0 Å². The van der Waals surface area contributed by atoms with E-state index in [4.69, 9.17) is 6.42 Å². The second-order valence-corrected chi connectivity index (χ2v) is 3.90. The summed E-state index contributed by atoms with van der Waals surface area (Å²) in [4.78, 5) is 0. The van der Waals surface area contributed by atoms with Gasteiger partial charge in [-0.15, -0.1) is 12.3 Å². The monoisotopic (exact) mass is 206 g/mol. The van der Waals surface area contributed by atoms with E-state index >= 15 is 0 Å². The standard InChI is InChI=1S/C16H14/c1-3-6-14-7-4-5-8-16(14)15-11-9-13(2)10-12-15/h1,4-5,7-12H,6H2,2H3. The van der Waals surface area contributed by atoms with Crippen LogP contribution in [-0.2, 0) is 6.42 Å². The van der Waals surface area contributed by atoms with E-state index in [2.05, 4.69) is 55.3 Å². The summed E-state index contributed by atoms with van der Waals surface area (Å²) in [6.45, 7) is 2.09. The van der Waals surface area contributed by atoms with Crippen LogP contribution >= 0.6 is 0 Å². The van der Waals surface area contributed by atoms with E-state index in [1.165, 1.54) is 22.3 Å². The maximum absolute atomic E-state index is 5.38. The molecule has 2 aromatic carbocycles. The van der Waals surface area contributed by atoms with Gasteiger partial charge in [0.15, 0.2) is 0 Å². The van der Waals surface area contributed by atoms with Gasteiger partial charge >= 0.3 is 0 Å². The number of hydrogen-bond acceptors (Lipinski definition) is 0. The maximum Gasteiger partial charge on any atom is 0.0343 e. The van der Waals surface area contributed by atoms with Gasteiger partial charge in [-0.25, -0.2) is 0 Å². The van der Waals surface area contributed by atoms with E-state index in [-0.39, 0.29) is 0 Å². The summed E-state index contributed by atoms with van der Waals surface area (Å²) < 4.78 is 0. The third-order valence-electron chi connectivity index (χ3n) is 2.67. The van der Waals surface area contributed by atoms with E-state index in [9.17, 15) is 0 Å². The van der Waals surface area contributed by atoms with E-state index in [0.717, 1.165) is 0 Å². The van der Waals surface area contributed by atoms with Crippen LogP contribution in [0.25, 0.3) is 11.1 Å². The minimum atomic E-state index is 0.685. The molecule has 2 rings (SSSR count). The summed E-state index contributed by atoms with van der Waals surface area (Å²) in [5.41, 5.74) is 4.96. The molecule has 0 unspecified atom stereocenters. The lowest BCUT2D eigenvalue weighted by Crippen LogP contribution is -1.87. The smallest absolute Gasteiger partial charge is 0.0343 e. The van der Waals surface area contributed by atoms with Crippen molar-refractivity contribution in [3.8, 4) is 23.5 Å². The molecule has 0 heterocycles. The first-order valence-electron chi connectivity index (χ1n) is 5.39. The van der Waals surface area contributed by atoms with Crippen molar-refractivity contribution < 1.29 is 0 Å². The molecule has 78 valence electrons. The molecule has 0 aliphatic heterocycles. The molecule has 0 fully saturated rings.